The summed E-state index contributed by atoms with van der Waals surface area (Å²) in [5.41, 5.74) is 0.994. The second-order valence-corrected chi connectivity index (χ2v) is 5.80. The van der Waals surface area contributed by atoms with E-state index in [1.165, 1.54) is 4.88 Å². The lowest BCUT2D eigenvalue weighted by molar-refractivity contribution is 0.973. The first-order chi connectivity index (χ1) is 9.40. The average molecular weight is 288 g/mol. The van der Waals surface area contributed by atoms with E-state index < -0.39 is 0 Å². The summed E-state index contributed by atoms with van der Waals surface area (Å²) in [4.78, 5) is 5.72. The SMILES string of the molecule is c1ccc(Nc2nc(SCc3cccs3)n[nH]2)cc1. The van der Waals surface area contributed by atoms with Crippen molar-refractivity contribution in [2.75, 3.05) is 5.32 Å². The lowest BCUT2D eigenvalue weighted by Crippen LogP contribution is -1.91. The van der Waals surface area contributed by atoms with Gasteiger partial charge in [-0.25, -0.2) is 5.10 Å². The standard InChI is InChI=1S/C13H12N4S2/c1-2-5-10(6-3-1)14-12-15-13(17-16-12)19-9-11-7-4-8-18-11/h1-8H,9H2,(H2,14,15,16,17). The maximum absolute atomic E-state index is 4.39. The maximum atomic E-state index is 4.39. The Kier molecular flexibility index (Phi) is 3.81. The molecule has 1 aromatic carbocycles. The molecule has 4 nitrogen and oxygen atoms in total. The van der Waals surface area contributed by atoms with Crippen LogP contribution in [0, 0.1) is 0 Å². The maximum Gasteiger partial charge on any atom is 0.223 e. The normalized spacial score (nSPS) is 10.5. The van der Waals surface area contributed by atoms with Gasteiger partial charge in [0.25, 0.3) is 0 Å². The van der Waals surface area contributed by atoms with Gasteiger partial charge in [0.2, 0.25) is 11.1 Å². The molecule has 0 spiro atoms. The minimum absolute atomic E-state index is 0.667. The van der Waals surface area contributed by atoms with Crippen LogP contribution in [0.25, 0.3) is 0 Å². The van der Waals surface area contributed by atoms with Crippen molar-refractivity contribution in [1.82, 2.24) is 15.2 Å². The van der Waals surface area contributed by atoms with Crippen molar-refractivity contribution in [2.45, 2.75) is 10.9 Å². The van der Waals surface area contributed by atoms with E-state index in [0.717, 1.165) is 16.6 Å². The number of nitrogens with one attached hydrogen (secondary N) is 2. The van der Waals surface area contributed by atoms with Crippen LogP contribution in [0.2, 0.25) is 0 Å². The van der Waals surface area contributed by atoms with Crippen molar-refractivity contribution in [2.24, 2.45) is 0 Å². The Morgan fingerprint density at radius 1 is 1.16 bits per heavy atom. The van der Waals surface area contributed by atoms with E-state index in [9.17, 15) is 0 Å². The lowest BCUT2D eigenvalue weighted by atomic mass is 10.3. The molecular formula is C13H12N4S2. The quantitative estimate of drug-likeness (QED) is 0.699. The van der Waals surface area contributed by atoms with Crippen LogP contribution in [-0.2, 0) is 5.75 Å². The molecule has 0 radical (unpaired) electrons. The number of hydrogen-bond acceptors (Lipinski definition) is 5. The van der Waals surface area contributed by atoms with Gasteiger partial charge in [-0.3, -0.25) is 0 Å². The van der Waals surface area contributed by atoms with Crippen LogP contribution in [0.1, 0.15) is 4.88 Å². The van der Waals surface area contributed by atoms with Gasteiger partial charge in [-0.1, -0.05) is 36.0 Å². The monoisotopic (exact) mass is 288 g/mol. The number of hydrogen-bond donors (Lipinski definition) is 2. The van der Waals surface area contributed by atoms with E-state index in [1.807, 2.05) is 30.3 Å². The van der Waals surface area contributed by atoms with E-state index in [2.05, 4.69) is 38.0 Å². The van der Waals surface area contributed by atoms with E-state index in [-0.39, 0.29) is 0 Å². The molecule has 0 amide bonds. The summed E-state index contributed by atoms with van der Waals surface area (Å²) in [5.74, 6) is 1.57. The zero-order valence-electron chi connectivity index (χ0n) is 10.0. The van der Waals surface area contributed by atoms with E-state index in [0.29, 0.717) is 5.95 Å². The Balaban J connectivity index is 1.60. The Morgan fingerprint density at radius 2 is 2.05 bits per heavy atom. The molecule has 96 valence electrons. The number of H-pyrrole nitrogens is 1. The first-order valence-corrected chi connectivity index (χ1v) is 7.66. The number of rotatable bonds is 5. The summed E-state index contributed by atoms with van der Waals surface area (Å²) < 4.78 is 0. The highest BCUT2D eigenvalue weighted by molar-refractivity contribution is 7.98. The van der Waals surface area contributed by atoms with Crippen LogP contribution in [0.4, 0.5) is 11.6 Å². The largest absolute Gasteiger partial charge is 0.325 e. The van der Waals surface area contributed by atoms with E-state index in [4.69, 9.17) is 0 Å². The molecule has 2 N–H and O–H groups in total. The molecule has 0 fully saturated rings. The summed E-state index contributed by atoms with van der Waals surface area (Å²) >= 11 is 3.38. The molecule has 6 heteroatoms. The molecule has 3 rings (SSSR count). The van der Waals surface area contributed by atoms with Gasteiger partial charge in [-0.15, -0.1) is 16.4 Å². The minimum Gasteiger partial charge on any atom is -0.325 e. The molecule has 19 heavy (non-hydrogen) atoms. The minimum atomic E-state index is 0.667. The fraction of sp³-hybridized carbons (Fsp3) is 0.0769. The first-order valence-electron chi connectivity index (χ1n) is 5.80. The van der Waals surface area contributed by atoms with Crippen molar-refractivity contribution in [3.05, 3.63) is 52.7 Å². The number of benzene rings is 1. The zero-order chi connectivity index (χ0) is 12.9. The van der Waals surface area contributed by atoms with Crippen molar-refractivity contribution in [3.63, 3.8) is 0 Å². The topological polar surface area (TPSA) is 53.6 Å². The molecule has 0 aliphatic carbocycles. The Bertz CT molecular complexity index is 619. The molecule has 0 saturated heterocycles. The number of anilines is 2. The van der Waals surface area contributed by atoms with Crippen LogP contribution in [-0.4, -0.2) is 15.2 Å². The number of thiophene rings is 1. The summed E-state index contributed by atoms with van der Waals surface area (Å²) in [7, 11) is 0. The summed E-state index contributed by atoms with van der Waals surface area (Å²) in [6.45, 7) is 0. The van der Waals surface area contributed by atoms with Crippen molar-refractivity contribution in [3.8, 4) is 0 Å². The number of aromatic nitrogens is 3. The number of nitrogens with zero attached hydrogens (tertiary/aromatic N) is 2. The van der Waals surface area contributed by atoms with Crippen LogP contribution in [0.5, 0.6) is 0 Å². The molecule has 2 aromatic heterocycles. The smallest absolute Gasteiger partial charge is 0.223 e. The summed E-state index contributed by atoms with van der Waals surface area (Å²) in [6, 6.07) is 14.1. The third-order valence-corrected chi connectivity index (χ3v) is 4.38. The van der Waals surface area contributed by atoms with Gasteiger partial charge in [0.15, 0.2) is 0 Å². The highest BCUT2D eigenvalue weighted by Crippen LogP contribution is 2.23. The average Bonchev–Trinajstić information content (AvgIpc) is 3.09. The highest BCUT2D eigenvalue weighted by Gasteiger charge is 2.04. The molecule has 0 aliphatic heterocycles. The highest BCUT2D eigenvalue weighted by atomic mass is 32.2. The first kappa shape index (κ1) is 12.3. The molecule has 0 atom stereocenters. The van der Waals surface area contributed by atoms with E-state index >= 15 is 0 Å². The van der Waals surface area contributed by atoms with Gasteiger partial charge < -0.3 is 5.32 Å². The van der Waals surface area contributed by atoms with Crippen molar-refractivity contribution >= 4 is 34.7 Å². The second kappa shape index (κ2) is 5.90. The fourth-order valence-corrected chi connectivity index (χ4v) is 3.13. The molecule has 0 saturated carbocycles. The molecule has 0 aliphatic rings. The van der Waals surface area contributed by atoms with Crippen LogP contribution in [0.3, 0.4) is 0 Å². The number of thioether (sulfide) groups is 1. The Hall–Kier alpha value is -1.79. The Labute approximate surface area is 119 Å². The zero-order valence-corrected chi connectivity index (χ0v) is 11.7. The van der Waals surface area contributed by atoms with Gasteiger partial charge in [0.1, 0.15) is 0 Å². The van der Waals surface area contributed by atoms with Gasteiger partial charge >= 0.3 is 0 Å². The van der Waals surface area contributed by atoms with Gasteiger partial charge in [0.05, 0.1) is 0 Å². The summed E-state index contributed by atoms with van der Waals surface area (Å²) in [5, 5.41) is 13.1. The van der Waals surface area contributed by atoms with Gasteiger partial charge in [-0.05, 0) is 23.6 Å². The van der Waals surface area contributed by atoms with Crippen LogP contribution >= 0.6 is 23.1 Å². The molecule has 0 unspecified atom stereocenters. The van der Waals surface area contributed by atoms with Crippen molar-refractivity contribution in [1.29, 1.82) is 0 Å². The molecule has 3 aromatic rings. The molecule has 2 heterocycles. The molecular weight excluding hydrogens is 276 g/mol. The number of para-hydroxylation sites is 1. The fourth-order valence-electron chi connectivity index (χ4n) is 1.56. The molecule has 0 bridgehead atoms. The third-order valence-electron chi connectivity index (χ3n) is 2.43. The van der Waals surface area contributed by atoms with Crippen LogP contribution < -0.4 is 5.32 Å². The predicted molar refractivity (Wildman–Crippen MR) is 80.0 cm³/mol. The summed E-state index contributed by atoms with van der Waals surface area (Å²) in [6.07, 6.45) is 0. The third kappa shape index (κ3) is 3.36. The predicted octanol–water partition coefficient (Wildman–Crippen LogP) is 3.90. The Morgan fingerprint density at radius 3 is 2.84 bits per heavy atom. The lowest BCUT2D eigenvalue weighted by Gasteiger charge is -1.99. The van der Waals surface area contributed by atoms with Gasteiger partial charge in [0, 0.05) is 16.3 Å². The van der Waals surface area contributed by atoms with Crippen LogP contribution in [0.15, 0.2) is 53.0 Å². The second-order valence-electron chi connectivity index (χ2n) is 3.83. The number of aromatic amines is 1. The van der Waals surface area contributed by atoms with Crippen molar-refractivity contribution < 1.29 is 0 Å². The van der Waals surface area contributed by atoms with E-state index in [1.54, 1.807) is 23.1 Å². The van der Waals surface area contributed by atoms with Gasteiger partial charge in [-0.2, -0.15) is 4.98 Å².